The molecule has 0 saturated heterocycles. The first-order chi connectivity index (χ1) is 13.7. The van der Waals surface area contributed by atoms with Gasteiger partial charge < -0.3 is 4.74 Å². The van der Waals surface area contributed by atoms with Crippen LogP contribution in [0.1, 0.15) is 25.1 Å². The van der Waals surface area contributed by atoms with Crippen molar-refractivity contribution in [1.82, 2.24) is 20.0 Å². The van der Waals surface area contributed by atoms with Crippen LogP contribution in [0.15, 0.2) is 53.9 Å². The van der Waals surface area contributed by atoms with E-state index >= 15 is 0 Å². The summed E-state index contributed by atoms with van der Waals surface area (Å²) in [6.07, 6.45) is 1.04. The average Bonchev–Trinajstić information content (AvgIpc) is 3.36. The van der Waals surface area contributed by atoms with Gasteiger partial charge in [-0.05, 0) is 50.1 Å². The highest BCUT2D eigenvalue weighted by Gasteiger charge is 2.16. The molecule has 6 heteroatoms. The SMILES string of the molecule is CCOc1ccc(-n2nnc(-c3nc(-c4ccc(CC)cc4)cs3)c2C)cc1. The van der Waals surface area contributed by atoms with E-state index in [9.17, 15) is 0 Å². The topological polar surface area (TPSA) is 52.8 Å². The number of hydrogen-bond acceptors (Lipinski definition) is 5. The predicted molar refractivity (Wildman–Crippen MR) is 113 cm³/mol. The lowest BCUT2D eigenvalue weighted by Gasteiger charge is -2.06. The van der Waals surface area contributed by atoms with Crippen LogP contribution in [-0.4, -0.2) is 26.6 Å². The number of rotatable bonds is 6. The Balaban J connectivity index is 1.61. The molecular weight excluding hydrogens is 368 g/mol. The Bertz CT molecular complexity index is 1060. The van der Waals surface area contributed by atoms with Crippen molar-refractivity contribution >= 4 is 11.3 Å². The summed E-state index contributed by atoms with van der Waals surface area (Å²) < 4.78 is 7.34. The molecule has 0 fully saturated rings. The van der Waals surface area contributed by atoms with Gasteiger partial charge in [-0.2, -0.15) is 0 Å². The van der Waals surface area contributed by atoms with Crippen molar-refractivity contribution in [3.05, 3.63) is 65.2 Å². The van der Waals surface area contributed by atoms with Gasteiger partial charge in [-0.15, -0.1) is 16.4 Å². The molecule has 28 heavy (non-hydrogen) atoms. The second kappa shape index (κ2) is 7.94. The third-order valence-electron chi connectivity index (χ3n) is 4.65. The number of aryl methyl sites for hydroxylation is 1. The molecule has 5 nitrogen and oxygen atoms in total. The molecule has 0 radical (unpaired) electrons. The molecule has 0 aliphatic rings. The number of hydrogen-bond donors (Lipinski definition) is 0. The third kappa shape index (κ3) is 3.55. The van der Waals surface area contributed by atoms with Gasteiger partial charge in [0.2, 0.25) is 0 Å². The van der Waals surface area contributed by atoms with E-state index in [0.717, 1.165) is 45.5 Å². The lowest BCUT2D eigenvalue weighted by molar-refractivity contribution is 0.340. The van der Waals surface area contributed by atoms with Gasteiger partial charge in [-0.25, -0.2) is 9.67 Å². The fraction of sp³-hybridized carbons (Fsp3) is 0.227. The number of nitrogens with zero attached hydrogens (tertiary/aromatic N) is 4. The van der Waals surface area contributed by atoms with Crippen LogP contribution in [0.5, 0.6) is 5.75 Å². The zero-order chi connectivity index (χ0) is 19.5. The Kier molecular flexibility index (Phi) is 5.21. The van der Waals surface area contributed by atoms with Crippen molar-refractivity contribution in [1.29, 1.82) is 0 Å². The van der Waals surface area contributed by atoms with Crippen LogP contribution in [0, 0.1) is 6.92 Å². The highest BCUT2D eigenvalue weighted by Crippen LogP contribution is 2.30. The maximum Gasteiger partial charge on any atom is 0.146 e. The summed E-state index contributed by atoms with van der Waals surface area (Å²) >= 11 is 1.59. The molecule has 4 aromatic rings. The van der Waals surface area contributed by atoms with E-state index in [4.69, 9.17) is 9.72 Å². The van der Waals surface area contributed by atoms with Crippen LogP contribution in [0.2, 0.25) is 0 Å². The third-order valence-corrected chi connectivity index (χ3v) is 5.50. The van der Waals surface area contributed by atoms with Crippen LogP contribution >= 0.6 is 11.3 Å². The summed E-state index contributed by atoms with van der Waals surface area (Å²) in [6.45, 7) is 6.80. The van der Waals surface area contributed by atoms with E-state index in [-0.39, 0.29) is 0 Å². The highest BCUT2D eigenvalue weighted by atomic mass is 32.1. The van der Waals surface area contributed by atoms with Gasteiger partial charge in [-0.1, -0.05) is 36.4 Å². The van der Waals surface area contributed by atoms with Crippen molar-refractivity contribution in [3.63, 3.8) is 0 Å². The van der Waals surface area contributed by atoms with Gasteiger partial charge in [0.1, 0.15) is 16.5 Å². The van der Waals surface area contributed by atoms with Crippen molar-refractivity contribution in [2.45, 2.75) is 27.2 Å². The molecular formula is C22H22N4OS. The maximum absolute atomic E-state index is 5.51. The summed E-state index contributed by atoms with van der Waals surface area (Å²) in [5.74, 6) is 0.850. The lowest BCUT2D eigenvalue weighted by atomic mass is 10.1. The standard InChI is InChI=1S/C22H22N4OS/c1-4-16-6-8-17(9-7-16)20-14-28-22(23-20)21-15(3)26(25-24-21)18-10-12-19(13-11-18)27-5-2/h6-14H,4-5H2,1-3H3. The predicted octanol–water partition coefficient (Wildman–Crippen LogP) is 5.33. The molecule has 0 saturated carbocycles. The Labute approximate surface area is 168 Å². The Hall–Kier alpha value is -2.99. The first-order valence-corrected chi connectivity index (χ1v) is 10.3. The van der Waals surface area contributed by atoms with E-state index in [0.29, 0.717) is 6.61 Å². The van der Waals surface area contributed by atoms with E-state index in [1.54, 1.807) is 11.3 Å². The second-order valence-electron chi connectivity index (χ2n) is 6.45. The first-order valence-electron chi connectivity index (χ1n) is 9.40. The van der Waals surface area contributed by atoms with Crippen molar-refractivity contribution in [2.24, 2.45) is 0 Å². The Morgan fingerprint density at radius 1 is 1.00 bits per heavy atom. The molecule has 4 rings (SSSR count). The molecule has 0 aliphatic carbocycles. The van der Waals surface area contributed by atoms with Crippen LogP contribution in [-0.2, 0) is 6.42 Å². The average molecular weight is 391 g/mol. The lowest BCUT2D eigenvalue weighted by Crippen LogP contribution is -1.99. The Morgan fingerprint density at radius 2 is 1.75 bits per heavy atom. The minimum absolute atomic E-state index is 0.652. The van der Waals surface area contributed by atoms with Crippen molar-refractivity contribution in [3.8, 4) is 33.4 Å². The quantitative estimate of drug-likeness (QED) is 0.447. The smallest absolute Gasteiger partial charge is 0.146 e. The van der Waals surface area contributed by atoms with Crippen LogP contribution in [0.25, 0.3) is 27.6 Å². The summed E-state index contributed by atoms with van der Waals surface area (Å²) in [7, 11) is 0. The molecule has 142 valence electrons. The molecule has 0 amide bonds. The minimum Gasteiger partial charge on any atom is -0.494 e. The maximum atomic E-state index is 5.51. The number of aromatic nitrogens is 4. The molecule has 2 aromatic heterocycles. The van der Waals surface area contributed by atoms with Gasteiger partial charge in [0, 0.05) is 10.9 Å². The normalized spacial score (nSPS) is 11.0. The van der Waals surface area contributed by atoms with Crippen LogP contribution < -0.4 is 4.74 Å². The van der Waals surface area contributed by atoms with Gasteiger partial charge in [0.15, 0.2) is 0 Å². The number of ether oxygens (including phenoxy) is 1. The molecule has 0 N–H and O–H groups in total. The van der Waals surface area contributed by atoms with E-state index in [1.807, 2.05) is 42.8 Å². The van der Waals surface area contributed by atoms with Gasteiger partial charge in [-0.3, -0.25) is 0 Å². The van der Waals surface area contributed by atoms with Gasteiger partial charge in [0.25, 0.3) is 0 Å². The summed E-state index contributed by atoms with van der Waals surface area (Å²) in [5.41, 5.74) is 6.15. The molecule has 0 aliphatic heterocycles. The fourth-order valence-electron chi connectivity index (χ4n) is 3.05. The minimum atomic E-state index is 0.652. The number of benzene rings is 2. The molecule has 2 heterocycles. The van der Waals surface area contributed by atoms with Crippen LogP contribution in [0.3, 0.4) is 0 Å². The van der Waals surface area contributed by atoms with Crippen molar-refractivity contribution < 1.29 is 4.74 Å². The zero-order valence-electron chi connectivity index (χ0n) is 16.2. The van der Waals surface area contributed by atoms with E-state index in [2.05, 4.69) is 46.9 Å². The molecule has 0 bridgehead atoms. The van der Waals surface area contributed by atoms with E-state index < -0.39 is 0 Å². The van der Waals surface area contributed by atoms with Crippen LogP contribution in [0.4, 0.5) is 0 Å². The Morgan fingerprint density at radius 3 is 2.43 bits per heavy atom. The zero-order valence-corrected chi connectivity index (χ0v) is 17.0. The highest BCUT2D eigenvalue weighted by molar-refractivity contribution is 7.13. The first kappa shape index (κ1) is 18.4. The van der Waals surface area contributed by atoms with Gasteiger partial charge in [0.05, 0.1) is 23.7 Å². The second-order valence-corrected chi connectivity index (χ2v) is 7.31. The van der Waals surface area contributed by atoms with E-state index in [1.165, 1.54) is 5.56 Å². The van der Waals surface area contributed by atoms with Crippen molar-refractivity contribution in [2.75, 3.05) is 6.61 Å². The van der Waals surface area contributed by atoms with Gasteiger partial charge >= 0.3 is 0 Å². The molecule has 2 aromatic carbocycles. The monoisotopic (exact) mass is 390 g/mol. The largest absolute Gasteiger partial charge is 0.494 e. The fourth-order valence-corrected chi connectivity index (χ4v) is 3.91. The molecule has 0 unspecified atom stereocenters. The number of thiazole rings is 1. The summed E-state index contributed by atoms with van der Waals surface area (Å²) in [4.78, 5) is 4.80. The summed E-state index contributed by atoms with van der Waals surface area (Å²) in [6, 6.07) is 16.4. The molecule has 0 atom stereocenters. The molecule has 0 spiro atoms. The summed E-state index contributed by atoms with van der Waals surface area (Å²) in [5, 5.41) is 11.7.